The number of benzene rings is 1. The Morgan fingerprint density at radius 2 is 1.85 bits per heavy atom. The summed E-state index contributed by atoms with van der Waals surface area (Å²) in [6.45, 7) is 11.1. The molecule has 1 aliphatic rings. The minimum atomic E-state index is -0.483. The van der Waals surface area contributed by atoms with Crippen molar-refractivity contribution in [3.63, 3.8) is 0 Å². The fourth-order valence-electron chi connectivity index (χ4n) is 3.24. The summed E-state index contributed by atoms with van der Waals surface area (Å²) in [5.41, 5.74) is 2.23. The van der Waals surface area contributed by atoms with Crippen molar-refractivity contribution < 1.29 is 19.1 Å². The molecule has 0 saturated carbocycles. The second kappa shape index (κ2) is 8.42. The predicted molar refractivity (Wildman–Crippen MR) is 105 cm³/mol. The van der Waals surface area contributed by atoms with Gasteiger partial charge in [-0.25, -0.2) is 9.59 Å². The number of esters is 1. The zero-order valence-electron chi connectivity index (χ0n) is 16.2. The predicted octanol–water partition coefficient (Wildman–Crippen LogP) is 5.05. The van der Waals surface area contributed by atoms with Gasteiger partial charge in [0.25, 0.3) is 0 Å². The zero-order chi connectivity index (χ0) is 19.5. The van der Waals surface area contributed by atoms with Crippen LogP contribution in [0, 0.1) is 6.92 Å². The maximum atomic E-state index is 12.2. The van der Waals surface area contributed by atoms with Crippen molar-refractivity contribution in [3.05, 3.63) is 33.3 Å². The van der Waals surface area contributed by atoms with Gasteiger partial charge in [0.15, 0.2) is 0 Å². The third kappa shape index (κ3) is 5.22. The summed E-state index contributed by atoms with van der Waals surface area (Å²) in [5.74, 6) is 0.0121. The topological polar surface area (TPSA) is 55.8 Å². The van der Waals surface area contributed by atoms with Crippen LogP contribution in [0.2, 0.25) is 0 Å². The van der Waals surface area contributed by atoms with E-state index in [2.05, 4.69) is 22.0 Å². The monoisotopic (exact) mass is 425 g/mol. The number of nitrogens with zero attached hydrogens (tertiary/aromatic N) is 1. The van der Waals surface area contributed by atoms with Crippen molar-refractivity contribution in [2.75, 3.05) is 19.7 Å². The number of likely N-dealkylation sites (tertiary alicyclic amines) is 1. The Balaban J connectivity index is 2.12. The molecule has 0 atom stereocenters. The van der Waals surface area contributed by atoms with Crippen LogP contribution in [0.25, 0.3) is 0 Å². The molecule has 1 aromatic rings. The van der Waals surface area contributed by atoms with Crippen LogP contribution < -0.4 is 0 Å². The molecule has 0 radical (unpaired) electrons. The molecule has 0 unspecified atom stereocenters. The number of hydrogen-bond acceptors (Lipinski definition) is 4. The first kappa shape index (κ1) is 20.7. The Kier molecular flexibility index (Phi) is 6.72. The van der Waals surface area contributed by atoms with Crippen LogP contribution in [0.5, 0.6) is 0 Å². The molecule has 2 rings (SSSR count). The maximum absolute atomic E-state index is 12.2. The molecule has 1 amide bonds. The smallest absolute Gasteiger partial charge is 0.410 e. The van der Waals surface area contributed by atoms with E-state index in [1.165, 1.54) is 0 Å². The number of hydrogen-bond donors (Lipinski definition) is 0. The summed E-state index contributed by atoms with van der Waals surface area (Å²) in [6.07, 6.45) is 1.44. The SMILES string of the molecule is CCOC(=O)c1cc(Br)cc(C2CCN(C(=O)OC(C)(C)C)CC2)c1C. The molecule has 1 aliphatic heterocycles. The van der Waals surface area contributed by atoms with Crippen LogP contribution in [0.4, 0.5) is 4.79 Å². The summed E-state index contributed by atoms with van der Waals surface area (Å²) in [7, 11) is 0. The number of carbonyl (C=O) groups is 2. The van der Waals surface area contributed by atoms with E-state index in [-0.39, 0.29) is 12.1 Å². The standard InChI is InChI=1S/C20H28BrNO4/c1-6-25-18(23)17-12-15(21)11-16(13(17)2)14-7-9-22(10-8-14)19(24)26-20(3,4)5/h11-12,14H,6-10H2,1-5H3. The molecule has 0 aromatic heterocycles. The number of carbonyl (C=O) groups excluding carboxylic acids is 2. The van der Waals surface area contributed by atoms with E-state index in [0.717, 1.165) is 28.4 Å². The molecule has 0 aliphatic carbocycles. The summed E-state index contributed by atoms with van der Waals surface area (Å²) >= 11 is 3.51. The summed E-state index contributed by atoms with van der Waals surface area (Å²) in [4.78, 5) is 26.2. The highest BCUT2D eigenvalue weighted by molar-refractivity contribution is 9.10. The molecule has 144 valence electrons. The summed E-state index contributed by atoms with van der Waals surface area (Å²) in [5, 5.41) is 0. The molecular formula is C20H28BrNO4. The lowest BCUT2D eigenvalue weighted by Crippen LogP contribution is -2.41. The Labute approximate surface area is 164 Å². The number of ether oxygens (including phenoxy) is 2. The highest BCUT2D eigenvalue weighted by Crippen LogP contribution is 2.34. The van der Waals surface area contributed by atoms with Gasteiger partial charge in [0.05, 0.1) is 12.2 Å². The van der Waals surface area contributed by atoms with Gasteiger partial charge in [0.1, 0.15) is 5.60 Å². The van der Waals surface area contributed by atoms with Gasteiger partial charge in [-0.3, -0.25) is 0 Å². The van der Waals surface area contributed by atoms with Crippen molar-refractivity contribution in [2.24, 2.45) is 0 Å². The Morgan fingerprint density at radius 1 is 1.23 bits per heavy atom. The van der Waals surface area contributed by atoms with E-state index in [1.807, 2.05) is 33.8 Å². The van der Waals surface area contributed by atoms with Gasteiger partial charge >= 0.3 is 12.1 Å². The van der Waals surface area contributed by atoms with Gasteiger partial charge in [0.2, 0.25) is 0 Å². The minimum Gasteiger partial charge on any atom is -0.462 e. The highest BCUT2D eigenvalue weighted by atomic mass is 79.9. The van der Waals surface area contributed by atoms with Crippen LogP contribution in [0.3, 0.4) is 0 Å². The Bertz CT molecular complexity index is 673. The van der Waals surface area contributed by atoms with E-state index in [0.29, 0.717) is 31.2 Å². The van der Waals surface area contributed by atoms with E-state index in [1.54, 1.807) is 11.8 Å². The molecular weight excluding hydrogens is 398 g/mol. The molecule has 0 bridgehead atoms. The molecule has 6 heteroatoms. The first-order chi connectivity index (χ1) is 12.1. The van der Waals surface area contributed by atoms with E-state index < -0.39 is 5.60 Å². The van der Waals surface area contributed by atoms with Crippen LogP contribution in [0.1, 0.15) is 67.9 Å². The van der Waals surface area contributed by atoms with Crippen molar-refractivity contribution in [1.82, 2.24) is 4.90 Å². The van der Waals surface area contributed by atoms with Crippen LogP contribution in [0.15, 0.2) is 16.6 Å². The zero-order valence-corrected chi connectivity index (χ0v) is 17.8. The van der Waals surface area contributed by atoms with E-state index >= 15 is 0 Å². The third-order valence-corrected chi connectivity index (χ3v) is 4.95. The number of amides is 1. The molecule has 0 spiro atoms. The lowest BCUT2D eigenvalue weighted by atomic mass is 9.85. The van der Waals surface area contributed by atoms with Gasteiger partial charge in [-0.15, -0.1) is 0 Å². The molecule has 0 N–H and O–H groups in total. The highest BCUT2D eigenvalue weighted by Gasteiger charge is 2.29. The summed E-state index contributed by atoms with van der Waals surface area (Å²) in [6, 6.07) is 3.89. The lowest BCUT2D eigenvalue weighted by molar-refractivity contribution is 0.0204. The van der Waals surface area contributed by atoms with Crippen LogP contribution in [-0.2, 0) is 9.47 Å². The molecule has 1 saturated heterocycles. The van der Waals surface area contributed by atoms with Gasteiger partial charge in [0, 0.05) is 17.6 Å². The number of rotatable bonds is 3. The second-order valence-corrected chi connectivity index (χ2v) is 8.55. The van der Waals surface area contributed by atoms with Crippen molar-refractivity contribution >= 4 is 28.0 Å². The fraction of sp³-hybridized carbons (Fsp3) is 0.600. The number of halogens is 1. The largest absolute Gasteiger partial charge is 0.462 e. The Hall–Kier alpha value is -1.56. The van der Waals surface area contributed by atoms with Gasteiger partial charge < -0.3 is 14.4 Å². The number of piperidine rings is 1. The van der Waals surface area contributed by atoms with Crippen molar-refractivity contribution in [2.45, 2.75) is 59.0 Å². The first-order valence-electron chi connectivity index (χ1n) is 9.07. The average Bonchev–Trinajstić information content (AvgIpc) is 2.55. The van der Waals surface area contributed by atoms with Gasteiger partial charge in [-0.2, -0.15) is 0 Å². The van der Waals surface area contributed by atoms with Crippen molar-refractivity contribution in [3.8, 4) is 0 Å². The maximum Gasteiger partial charge on any atom is 0.410 e. The quantitative estimate of drug-likeness (QED) is 0.635. The second-order valence-electron chi connectivity index (χ2n) is 7.63. The molecule has 1 aromatic carbocycles. The first-order valence-corrected chi connectivity index (χ1v) is 9.86. The van der Waals surface area contributed by atoms with Crippen LogP contribution >= 0.6 is 15.9 Å². The van der Waals surface area contributed by atoms with Gasteiger partial charge in [-0.1, -0.05) is 15.9 Å². The third-order valence-electron chi connectivity index (χ3n) is 4.49. The van der Waals surface area contributed by atoms with E-state index in [4.69, 9.17) is 9.47 Å². The molecule has 26 heavy (non-hydrogen) atoms. The molecule has 1 heterocycles. The molecule has 5 nitrogen and oxygen atoms in total. The van der Waals surface area contributed by atoms with Crippen molar-refractivity contribution in [1.29, 1.82) is 0 Å². The Morgan fingerprint density at radius 3 is 2.38 bits per heavy atom. The average molecular weight is 426 g/mol. The van der Waals surface area contributed by atoms with E-state index in [9.17, 15) is 9.59 Å². The van der Waals surface area contributed by atoms with Gasteiger partial charge in [-0.05, 0) is 76.6 Å². The summed E-state index contributed by atoms with van der Waals surface area (Å²) < 4.78 is 11.5. The van der Waals surface area contributed by atoms with Crippen LogP contribution in [-0.4, -0.2) is 42.3 Å². The molecule has 1 fully saturated rings. The lowest BCUT2D eigenvalue weighted by Gasteiger charge is -2.34. The minimum absolute atomic E-state index is 0.255. The normalized spacial score (nSPS) is 15.7. The fourth-order valence-corrected chi connectivity index (χ4v) is 3.72.